The van der Waals surface area contributed by atoms with Crippen LogP contribution in [0.1, 0.15) is 35.2 Å². The molecule has 1 fully saturated rings. The monoisotopic (exact) mass is 412 g/mol. The zero-order valence-corrected chi connectivity index (χ0v) is 16.0. The summed E-state index contributed by atoms with van der Waals surface area (Å²) in [4.78, 5) is 27.6. The SMILES string of the molecule is O=C(N/C(C(=O)N1CCCCC1)=C(\Br)c1ccccc1)c1ccccc1. The van der Waals surface area contributed by atoms with Crippen LogP contribution in [-0.4, -0.2) is 29.8 Å². The molecule has 0 radical (unpaired) electrons. The fourth-order valence-electron chi connectivity index (χ4n) is 2.96. The number of hydrogen-bond acceptors (Lipinski definition) is 2. The quantitative estimate of drug-likeness (QED) is 0.765. The van der Waals surface area contributed by atoms with Crippen molar-refractivity contribution in [3.63, 3.8) is 0 Å². The molecular weight excluding hydrogens is 392 g/mol. The van der Waals surface area contributed by atoms with Gasteiger partial charge in [-0.2, -0.15) is 0 Å². The molecule has 0 bridgehead atoms. The Morgan fingerprint density at radius 3 is 1.92 bits per heavy atom. The summed E-state index contributed by atoms with van der Waals surface area (Å²) in [6.07, 6.45) is 3.13. The fourth-order valence-corrected chi connectivity index (χ4v) is 3.49. The number of nitrogens with one attached hydrogen (secondary N) is 1. The molecule has 1 saturated heterocycles. The van der Waals surface area contributed by atoms with Crippen molar-refractivity contribution >= 4 is 32.2 Å². The van der Waals surface area contributed by atoms with Gasteiger partial charge in [0.05, 0.1) is 4.48 Å². The highest BCUT2D eigenvalue weighted by Gasteiger charge is 2.25. The number of likely N-dealkylation sites (tertiary alicyclic amines) is 1. The maximum Gasteiger partial charge on any atom is 0.271 e. The largest absolute Gasteiger partial charge is 0.337 e. The number of piperidine rings is 1. The minimum absolute atomic E-state index is 0.148. The molecule has 1 aliphatic heterocycles. The van der Waals surface area contributed by atoms with E-state index in [-0.39, 0.29) is 17.5 Å². The van der Waals surface area contributed by atoms with Crippen LogP contribution in [-0.2, 0) is 4.79 Å². The van der Waals surface area contributed by atoms with E-state index in [1.165, 1.54) is 0 Å². The molecule has 0 spiro atoms. The molecule has 134 valence electrons. The first-order valence-electron chi connectivity index (χ1n) is 8.77. The van der Waals surface area contributed by atoms with Gasteiger partial charge in [0.2, 0.25) is 0 Å². The van der Waals surface area contributed by atoms with Crippen molar-refractivity contribution in [2.75, 3.05) is 13.1 Å². The van der Waals surface area contributed by atoms with Crippen LogP contribution in [0.4, 0.5) is 0 Å². The lowest BCUT2D eigenvalue weighted by Crippen LogP contribution is -2.41. The van der Waals surface area contributed by atoms with Gasteiger partial charge >= 0.3 is 0 Å². The van der Waals surface area contributed by atoms with Crippen LogP contribution in [0.25, 0.3) is 4.48 Å². The second-order valence-electron chi connectivity index (χ2n) is 6.23. The number of carbonyl (C=O) groups excluding carboxylic acids is 2. The van der Waals surface area contributed by atoms with Gasteiger partial charge < -0.3 is 10.2 Å². The van der Waals surface area contributed by atoms with Gasteiger partial charge in [0.1, 0.15) is 5.70 Å². The van der Waals surface area contributed by atoms with E-state index in [4.69, 9.17) is 0 Å². The Balaban J connectivity index is 1.93. The normalized spacial score (nSPS) is 15.2. The van der Waals surface area contributed by atoms with Crippen LogP contribution in [0.15, 0.2) is 66.4 Å². The van der Waals surface area contributed by atoms with Crippen molar-refractivity contribution in [2.45, 2.75) is 19.3 Å². The first-order chi connectivity index (χ1) is 12.7. The van der Waals surface area contributed by atoms with Crippen LogP contribution in [0.5, 0.6) is 0 Å². The van der Waals surface area contributed by atoms with Crippen LogP contribution in [0.3, 0.4) is 0 Å². The summed E-state index contributed by atoms with van der Waals surface area (Å²) in [5.41, 5.74) is 1.65. The van der Waals surface area contributed by atoms with Gasteiger partial charge in [0, 0.05) is 18.7 Å². The van der Waals surface area contributed by atoms with Crippen LogP contribution in [0.2, 0.25) is 0 Å². The summed E-state index contributed by atoms with van der Waals surface area (Å²) in [6, 6.07) is 18.4. The Morgan fingerprint density at radius 2 is 1.35 bits per heavy atom. The lowest BCUT2D eigenvalue weighted by Gasteiger charge is -2.28. The Bertz CT molecular complexity index is 797. The summed E-state index contributed by atoms with van der Waals surface area (Å²) in [5, 5.41) is 2.83. The smallest absolute Gasteiger partial charge is 0.271 e. The molecule has 2 amide bonds. The van der Waals surface area contributed by atoms with Gasteiger partial charge in [-0.15, -0.1) is 0 Å². The van der Waals surface area contributed by atoms with Gasteiger partial charge in [-0.05, 0) is 52.9 Å². The number of rotatable bonds is 4. The van der Waals surface area contributed by atoms with Crippen molar-refractivity contribution in [2.24, 2.45) is 0 Å². The standard InChI is InChI=1S/C21H21BrN2O2/c22-18(16-10-4-1-5-11-16)19(21(26)24-14-8-3-9-15-24)23-20(25)17-12-6-2-7-13-17/h1-2,4-7,10-13H,3,8-9,14-15H2,(H,23,25)/b19-18-. The third-order valence-electron chi connectivity index (χ3n) is 4.38. The van der Waals surface area contributed by atoms with Crippen molar-refractivity contribution in [1.82, 2.24) is 10.2 Å². The molecule has 4 nitrogen and oxygen atoms in total. The summed E-state index contributed by atoms with van der Waals surface area (Å²) >= 11 is 3.54. The zero-order chi connectivity index (χ0) is 18.4. The molecule has 0 saturated carbocycles. The van der Waals surface area contributed by atoms with E-state index in [0.29, 0.717) is 10.0 Å². The lowest BCUT2D eigenvalue weighted by atomic mass is 10.1. The molecule has 3 rings (SSSR count). The number of halogens is 1. The molecule has 2 aromatic rings. The van der Waals surface area contributed by atoms with Crippen molar-refractivity contribution in [3.8, 4) is 0 Å². The highest BCUT2D eigenvalue weighted by atomic mass is 79.9. The van der Waals surface area contributed by atoms with Crippen molar-refractivity contribution in [1.29, 1.82) is 0 Å². The number of nitrogens with zero attached hydrogens (tertiary/aromatic N) is 1. The van der Waals surface area contributed by atoms with Crippen molar-refractivity contribution < 1.29 is 9.59 Å². The summed E-state index contributed by atoms with van der Waals surface area (Å²) in [5.74, 6) is -0.441. The predicted molar refractivity (Wildman–Crippen MR) is 107 cm³/mol. The van der Waals surface area contributed by atoms with E-state index in [2.05, 4.69) is 21.2 Å². The first-order valence-corrected chi connectivity index (χ1v) is 9.57. The van der Waals surface area contributed by atoms with E-state index >= 15 is 0 Å². The second kappa shape index (κ2) is 8.81. The minimum Gasteiger partial charge on any atom is -0.337 e. The van der Waals surface area contributed by atoms with Gasteiger partial charge in [-0.25, -0.2) is 0 Å². The molecule has 0 aromatic heterocycles. The van der Waals surface area contributed by atoms with Gasteiger partial charge in [-0.1, -0.05) is 48.5 Å². The first kappa shape index (κ1) is 18.4. The van der Waals surface area contributed by atoms with Crippen molar-refractivity contribution in [3.05, 3.63) is 77.5 Å². The van der Waals surface area contributed by atoms with E-state index in [1.807, 2.05) is 41.3 Å². The van der Waals surface area contributed by atoms with Crippen LogP contribution in [0, 0.1) is 0 Å². The maximum atomic E-state index is 13.1. The molecule has 0 aliphatic carbocycles. The molecule has 1 heterocycles. The zero-order valence-electron chi connectivity index (χ0n) is 14.5. The van der Waals surface area contributed by atoms with Gasteiger partial charge in [0.15, 0.2) is 0 Å². The lowest BCUT2D eigenvalue weighted by molar-refractivity contribution is -0.128. The molecule has 5 heteroatoms. The average molecular weight is 413 g/mol. The third-order valence-corrected chi connectivity index (χ3v) is 5.23. The molecule has 1 aliphatic rings. The van der Waals surface area contributed by atoms with E-state index < -0.39 is 0 Å². The molecule has 2 aromatic carbocycles. The number of amides is 2. The molecular formula is C21H21BrN2O2. The summed E-state index contributed by atoms with van der Waals surface area (Å²) in [6.45, 7) is 1.44. The Labute approximate surface area is 162 Å². The molecule has 26 heavy (non-hydrogen) atoms. The molecule has 0 atom stereocenters. The van der Waals surface area contributed by atoms with E-state index in [0.717, 1.165) is 37.9 Å². The van der Waals surface area contributed by atoms with Gasteiger partial charge in [0.25, 0.3) is 11.8 Å². The number of hydrogen-bond donors (Lipinski definition) is 1. The van der Waals surface area contributed by atoms with Crippen LogP contribution >= 0.6 is 15.9 Å². The van der Waals surface area contributed by atoms with E-state index in [9.17, 15) is 9.59 Å². The fraction of sp³-hybridized carbons (Fsp3) is 0.238. The predicted octanol–water partition coefficient (Wildman–Crippen LogP) is 4.19. The maximum absolute atomic E-state index is 13.1. The average Bonchev–Trinajstić information content (AvgIpc) is 2.73. The number of carbonyl (C=O) groups is 2. The topological polar surface area (TPSA) is 49.4 Å². The number of benzene rings is 2. The Kier molecular flexibility index (Phi) is 6.23. The second-order valence-corrected chi connectivity index (χ2v) is 7.02. The van der Waals surface area contributed by atoms with Crippen LogP contribution < -0.4 is 5.32 Å². The Hall–Kier alpha value is -2.40. The highest BCUT2D eigenvalue weighted by molar-refractivity contribution is 9.15. The van der Waals surface area contributed by atoms with Gasteiger partial charge in [-0.3, -0.25) is 9.59 Å². The minimum atomic E-state index is -0.293. The van der Waals surface area contributed by atoms with E-state index in [1.54, 1.807) is 24.3 Å². The Morgan fingerprint density at radius 1 is 0.808 bits per heavy atom. The molecule has 0 unspecified atom stereocenters. The summed E-state index contributed by atoms with van der Waals surface area (Å²) < 4.78 is 0.595. The highest BCUT2D eigenvalue weighted by Crippen LogP contribution is 2.26. The summed E-state index contributed by atoms with van der Waals surface area (Å²) in [7, 11) is 0. The molecule has 1 N–H and O–H groups in total. The third kappa shape index (κ3) is 4.41.